The van der Waals surface area contributed by atoms with Crippen molar-refractivity contribution in [3.05, 3.63) is 54.1 Å². The molecule has 0 spiro atoms. The quantitative estimate of drug-likeness (QED) is 0.691. The van der Waals surface area contributed by atoms with Crippen molar-refractivity contribution in [2.24, 2.45) is 0 Å². The van der Waals surface area contributed by atoms with Gasteiger partial charge in [-0.25, -0.2) is 0 Å². The SMILES string of the molecule is Sc1ccccc1-c1ccc(C2CCCC2)cc1. The molecule has 1 aliphatic rings. The molecule has 0 radical (unpaired) electrons. The summed E-state index contributed by atoms with van der Waals surface area (Å²) in [4.78, 5) is 1.05. The fraction of sp³-hybridized carbons (Fsp3) is 0.294. The smallest absolute Gasteiger partial charge is 0.0119 e. The molecule has 2 aromatic rings. The third kappa shape index (κ3) is 2.32. The van der Waals surface area contributed by atoms with E-state index in [9.17, 15) is 0 Å². The predicted molar refractivity (Wildman–Crippen MR) is 80.3 cm³/mol. The lowest BCUT2D eigenvalue weighted by Crippen LogP contribution is -1.91. The molecule has 0 aromatic heterocycles. The van der Waals surface area contributed by atoms with Crippen molar-refractivity contribution in [1.82, 2.24) is 0 Å². The van der Waals surface area contributed by atoms with Crippen LogP contribution in [0.3, 0.4) is 0 Å². The molecule has 0 amide bonds. The Morgan fingerprint density at radius 1 is 0.833 bits per heavy atom. The number of rotatable bonds is 2. The van der Waals surface area contributed by atoms with Crippen LogP contribution in [-0.4, -0.2) is 0 Å². The second kappa shape index (κ2) is 5.19. The molecule has 1 saturated carbocycles. The summed E-state index contributed by atoms with van der Waals surface area (Å²) in [7, 11) is 0. The third-order valence-electron chi connectivity index (χ3n) is 3.95. The van der Waals surface area contributed by atoms with Crippen molar-refractivity contribution in [2.75, 3.05) is 0 Å². The highest BCUT2D eigenvalue weighted by molar-refractivity contribution is 7.80. The first kappa shape index (κ1) is 11.9. The van der Waals surface area contributed by atoms with Gasteiger partial charge in [0.1, 0.15) is 0 Å². The number of hydrogen-bond donors (Lipinski definition) is 1. The molecule has 0 nitrogen and oxygen atoms in total. The van der Waals surface area contributed by atoms with E-state index in [-0.39, 0.29) is 0 Å². The minimum atomic E-state index is 0.797. The van der Waals surface area contributed by atoms with Crippen LogP contribution in [0.1, 0.15) is 37.2 Å². The molecule has 92 valence electrons. The summed E-state index contributed by atoms with van der Waals surface area (Å²) in [6, 6.07) is 17.3. The van der Waals surface area contributed by atoms with Crippen LogP contribution >= 0.6 is 12.6 Å². The first-order chi connectivity index (χ1) is 8.84. The molecular formula is C17H18S. The largest absolute Gasteiger partial charge is 0.143 e. The van der Waals surface area contributed by atoms with Gasteiger partial charge in [-0.1, -0.05) is 55.3 Å². The van der Waals surface area contributed by atoms with Crippen LogP contribution in [-0.2, 0) is 0 Å². The van der Waals surface area contributed by atoms with Gasteiger partial charge in [-0.2, -0.15) is 0 Å². The van der Waals surface area contributed by atoms with Gasteiger partial charge in [0, 0.05) is 4.90 Å². The summed E-state index contributed by atoms with van der Waals surface area (Å²) in [5.41, 5.74) is 3.99. The summed E-state index contributed by atoms with van der Waals surface area (Å²) in [5, 5.41) is 0. The zero-order valence-corrected chi connectivity index (χ0v) is 11.4. The molecule has 1 fully saturated rings. The highest BCUT2D eigenvalue weighted by Gasteiger charge is 2.16. The van der Waals surface area contributed by atoms with Crippen LogP contribution in [0, 0.1) is 0 Å². The third-order valence-corrected chi connectivity index (χ3v) is 4.34. The zero-order chi connectivity index (χ0) is 12.4. The van der Waals surface area contributed by atoms with Crippen LogP contribution in [0.5, 0.6) is 0 Å². The molecule has 1 heteroatoms. The van der Waals surface area contributed by atoms with Crippen LogP contribution in [0.4, 0.5) is 0 Å². The number of thiol groups is 1. The van der Waals surface area contributed by atoms with Crippen molar-refractivity contribution in [1.29, 1.82) is 0 Å². The number of benzene rings is 2. The monoisotopic (exact) mass is 254 g/mol. The fourth-order valence-electron chi connectivity index (χ4n) is 2.91. The average molecular weight is 254 g/mol. The van der Waals surface area contributed by atoms with E-state index in [1.807, 2.05) is 12.1 Å². The minimum Gasteiger partial charge on any atom is -0.143 e. The predicted octanol–water partition coefficient (Wildman–Crippen LogP) is 5.30. The standard InChI is InChI=1S/C17H18S/c18-17-8-4-3-7-16(17)15-11-9-14(10-12-15)13-5-1-2-6-13/h3-4,7-13,18H,1-2,5-6H2. The van der Waals surface area contributed by atoms with E-state index in [0.717, 1.165) is 10.8 Å². The Morgan fingerprint density at radius 3 is 2.17 bits per heavy atom. The highest BCUT2D eigenvalue weighted by Crippen LogP contribution is 2.35. The molecule has 0 bridgehead atoms. The Morgan fingerprint density at radius 2 is 1.50 bits per heavy atom. The topological polar surface area (TPSA) is 0 Å². The van der Waals surface area contributed by atoms with Gasteiger partial charge >= 0.3 is 0 Å². The Kier molecular flexibility index (Phi) is 3.42. The molecule has 1 aliphatic carbocycles. The molecule has 18 heavy (non-hydrogen) atoms. The average Bonchev–Trinajstić information content (AvgIpc) is 2.94. The normalized spacial score (nSPS) is 16.1. The maximum Gasteiger partial charge on any atom is 0.0119 e. The lowest BCUT2D eigenvalue weighted by atomic mass is 9.95. The Hall–Kier alpha value is -1.21. The van der Waals surface area contributed by atoms with Gasteiger partial charge in [0.25, 0.3) is 0 Å². The van der Waals surface area contributed by atoms with Crippen molar-refractivity contribution >= 4 is 12.6 Å². The number of hydrogen-bond acceptors (Lipinski definition) is 1. The van der Waals surface area contributed by atoms with Crippen LogP contribution in [0.2, 0.25) is 0 Å². The molecule has 0 atom stereocenters. The van der Waals surface area contributed by atoms with Gasteiger partial charge in [0.15, 0.2) is 0 Å². The van der Waals surface area contributed by atoms with Gasteiger partial charge in [-0.05, 0) is 41.5 Å². The lowest BCUT2D eigenvalue weighted by molar-refractivity contribution is 0.723. The first-order valence-corrected chi connectivity index (χ1v) is 7.17. The van der Waals surface area contributed by atoms with Crippen molar-refractivity contribution in [2.45, 2.75) is 36.5 Å². The van der Waals surface area contributed by atoms with Gasteiger partial charge in [-0.15, -0.1) is 12.6 Å². The van der Waals surface area contributed by atoms with Crippen LogP contribution in [0.15, 0.2) is 53.4 Å². The van der Waals surface area contributed by atoms with Crippen molar-refractivity contribution < 1.29 is 0 Å². The Balaban J connectivity index is 1.89. The van der Waals surface area contributed by atoms with Gasteiger partial charge < -0.3 is 0 Å². The molecule has 0 N–H and O–H groups in total. The van der Waals surface area contributed by atoms with Crippen molar-refractivity contribution in [3.8, 4) is 11.1 Å². The Labute approximate surface area is 114 Å². The molecule has 3 rings (SSSR count). The van der Waals surface area contributed by atoms with Crippen LogP contribution in [0.25, 0.3) is 11.1 Å². The molecule has 0 saturated heterocycles. The van der Waals surface area contributed by atoms with Crippen LogP contribution < -0.4 is 0 Å². The summed E-state index contributed by atoms with van der Waals surface area (Å²) in [6.07, 6.45) is 5.52. The zero-order valence-electron chi connectivity index (χ0n) is 10.5. The van der Waals surface area contributed by atoms with E-state index in [0.29, 0.717) is 0 Å². The maximum atomic E-state index is 4.52. The van der Waals surface area contributed by atoms with E-state index in [4.69, 9.17) is 0 Å². The summed E-state index contributed by atoms with van der Waals surface area (Å²) in [6.45, 7) is 0. The summed E-state index contributed by atoms with van der Waals surface area (Å²) in [5.74, 6) is 0.797. The highest BCUT2D eigenvalue weighted by atomic mass is 32.1. The van der Waals surface area contributed by atoms with Gasteiger partial charge in [0.2, 0.25) is 0 Å². The van der Waals surface area contributed by atoms with Gasteiger partial charge in [0.05, 0.1) is 0 Å². The summed E-state index contributed by atoms with van der Waals surface area (Å²) >= 11 is 4.52. The molecule has 0 unspecified atom stereocenters. The Bertz CT molecular complexity index is 522. The lowest BCUT2D eigenvalue weighted by Gasteiger charge is -2.11. The van der Waals surface area contributed by atoms with Gasteiger partial charge in [-0.3, -0.25) is 0 Å². The second-order valence-electron chi connectivity index (χ2n) is 5.12. The molecule has 0 heterocycles. The van der Waals surface area contributed by atoms with E-state index in [1.54, 1.807) is 0 Å². The second-order valence-corrected chi connectivity index (χ2v) is 5.60. The van der Waals surface area contributed by atoms with E-state index < -0.39 is 0 Å². The summed E-state index contributed by atoms with van der Waals surface area (Å²) < 4.78 is 0. The molecule has 0 aliphatic heterocycles. The van der Waals surface area contributed by atoms with E-state index in [2.05, 4.69) is 49.0 Å². The van der Waals surface area contributed by atoms with E-state index >= 15 is 0 Å². The fourth-order valence-corrected chi connectivity index (χ4v) is 3.20. The molecule has 2 aromatic carbocycles. The maximum absolute atomic E-state index is 4.52. The van der Waals surface area contributed by atoms with E-state index in [1.165, 1.54) is 42.4 Å². The molecular weight excluding hydrogens is 236 g/mol. The van der Waals surface area contributed by atoms with Crippen molar-refractivity contribution in [3.63, 3.8) is 0 Å². The first-order valence-electron chi connectivity index (χ1n) is 6.73. The minimum absolute atomic E-state index is 0.797.